The summed E-state index contributed by atoms with van der Waals surface area (Å²) in [6.45, 7) is 0. The van der Waals surface area contributed by atoms with Gasteiger partial charge in [-0.25, -0.2) is 0 Å². The molecule has 0 amide bonds. The lowest BCUT2D eigenvalue weighted by Gasteiger charge is -2.09. The number of aromatic hydroxyl groups is 1. The minimum absolute atomic E-state index is 0.161. The highest BCUT2D eigenvalue weighted by atomic mass is 16.7. The van der Waals surface area contributed by atoms with Crippen molar-refractivity contribution in [3.8, 4) is 5.75 Å². The third-order valence-electron chi connectivity index (χ3n) is 3.57. The molecule has 1 aliphatic carbocycles. The summed E-state index contributed by atoms with van der Waals surface area (Å²) in [5.74, 6) is 3.30. The fourth-order valence-corrected chi connectivity index (χ4v) is 2.61. The predicted octanol–water partition coefficient (Wildman–Crippen LogP) is 1.07. The van der Waals surface area contributed by atoms with Crippen LogP contribution in [0.2, 0.25) is 0 Å². The summed E-state index contributed by atoms with van der Waals surface area (Å²) < 4.78 is 16.4. The Hall–Kier alpha value is -2.30. The van der Waals surface area contributed by atoms with E-state index >= 15 is 0 Å². The van der Waals surface area contributed by atoms with Crippen molar-refractivity contribution in [1.82, 2.24) is 0 Å². The van der Waals surface area contributed by atoms with Crippen LogP contribution in [0.15, 0.2) is 41.2 Å². The molecule has 3 fully saturated rings. The third kappa shape index (κ3) is 0.702. The first-order chi connectivity index (χ1) is 8.22. The molecule has 5 rings (SSSR count). The summed E-state index contributed by atoms with van der Waals surface area (Å²) in [6, 6.07) is 4.94. The maximum absolute atomic E-state index is 9.94. The van der Waals surface area contributed by atoms with Crippen LogP contribution >= 0.6 is 0 Å². The lowest BCUT2D eigenvalue weighted by atomic mass is 9.90. The molecule has 1 aromatic carbocycles. The van der Waals surface area contributed by atoms with E-state index in [1.165, 1.54) is 0 Å². The topological polar surface area (TPSA) is 83.8 Å². The smallest absolute Gasteiger partial charge is 0.242 e. The fourth-order valence-electron chi connectivity index (χ4n) is 2.61. The number of nitrogen functional groups attached to an aromatic ring is 1. The van der Waals surface area contributed by atoms with Gasteiger partial charge in [0.2, 0.25) is 23.2 Å². The van der Waals surface area contributed by atoms with Gasteiger partial charge in [-0.1, -0.05) is 0 Å². The van der Waals surface area contributed by atoms with Crippen LogP contribution in [0.25, 0.3) is 0 Å². The van der Waals surface area contributed by atoms with Crippen LogP contribution in [-0.2, 0) is 19.8 Å². The van der Waals surface area contributed by atoms with Gasteiger partial charge >= 0.3 is 0 Å². The number of nitrogens with two attached hydrogens (primary N) is 1. The Morgan fingerprint density at radius 3 is 3.06 bits per heavy atom. The largest absolute Gasteiger partial charge is 0.507 e. The summed E-state index contributed by atoms with van der Waals surface area (Å²) in [5.41, 5.74) is 6.29. The summed E-state index contributed by atoms with van der Waals surface area (Å²) in [5, 5.41) is 9.94. The lowest BCUT2D eigenvalue weighted by molar-refractivity contribution is 0.236. The molecular weight excluding hydrogens is 222 g/mol. The fraction of sp³-hybridized carbons (Fsp3) is 0.167. The first-order valence-electron chi connectivity index (χ1n) is 5.33. The maximum Gasteiger partial charge on any atom is 0.242 e. The highest BCUT2D eigenvalue weighted by Crippen LogP contribution is 2.71. The molecule has 0 radical (unpaired) electrons. The summed E-state index contributed by atoms with van der Waals surface area (Å²) in [6.07, 6.45) is -0.161. The first kappa shape index (κ1) is 7.89. The van der Waals surface area contributed by atoms with E-state index in [1.807, 2.05) is 0 Å². The van der Waals surface area contributed by atoms with Crippen molar-refractivity contribution >= 4 is 5.69 Å². The van der Waals surface area contributed by atoms with Crippen LogP contribution in [0.3, 0.4) is 0 Å². The first-order valence-corrected chi connectivity index (χ1v) is 5.33. The molecule has 2 atom stereocenters. The molecule has 2 unspecified atom stereocenters. The molecule has 1 aromatic rings. The van der Waals surface area contributed by atoms with Gasteiger partial charge in [-0.3, -0.25) is 0 Å². The normalized spacial score (nSPS) is 33.8. The number of fused-ring (bicyclic) bond motifs is 4. The van der Waals surface area contributed by atoms with Gasteiger partial charge in [-0.15, -0.1) is 0 Å². The van der Waals surface area contributed by atoms with Crippen LogP contribution in [0, 0.1) is 0 Å². The van der Waals surface area contributed by atoms with Crippen molar-refractivity contribution in [2.75, 3.05) is 5.73 Å². The molecule has 0 aromatic heterocycles. The predicted molar refractivity (Wildman–Crippen MR) is 55.3 cm³/mol. The molecule has 0 spiro atoms. The molecule has 5 nitrogen and oxygen atoms in total. The van der Waals surface area contributed by atoms with E-state index in [-0.39, 0.29) is 11.9 Å². The lowest BCUT2D eigenvalue weighted by Crippen LogP contribution is -2.17. The number of hydrogen-bond donors (Lipinski definition) is 2. The van der Waals surface area contributed by atoms with Crippen LogP contribution < -0.4 is 5.73 Å². The van der Waals surface area contributed by atoms with E-state index in [0.29, 0.717) is 11.3 Å². The molecule has 84 valence electrons. The van der Waals surface area contributed by atoms with Crippen molar-refractivity contribution in [2.24, 2.45) is 0 Å². The van der Waals surface area contributed by atoms with Gasteiger partial charge in [0.05, 0.1) is 5.56 Å². The second-order valence-corrected chi connectivity index (χ2v) is 4.57. The van der Waals surface area contributed by atoms with Crippen molar-refractivity contribution in [3.63, 3.8) is 0 Å². The molecular formula is C12H7NO4. The summed E-state index contributed by atoms with van der Waals surface area (Å²) >= 11 is 0. The quantitative estimate of drug-likeness (QED) is 0.427. The molecule has 0 bridgehead atoms. The van der Waals surface area contributed by atoms with Gasteiger partial charge in [0.1, 0.15) is 5.75 Å². The van der Waals surface area contributed by atoms with Gasteiger partial charge in [0.15, 0.2) is 11.5 Å². The Morgan fingerprint density at radius 1 is 1.29 bits per heavy atom. The van der Waals surface area contributed by atoms with Crippen LogP contribution in [0.5, 0.6) is 5.75 Å². The number of epoxide rings is 3. The molecule has 3 saturated heterocycles. The molecule has 3 aliphatic heterocycles. The van der Waals surface area contributed by atoms with E-state index in [2.05, 4.69) is 0 Å². The Morgan fingerprint density at radius 2 is 2.18 bits per heavy atom. The number of benzene rings is 1. The second kappa shape index (κ2) is 1.95. The van der Waals surface area contributed by atoms with Gasteiger partial charge in [0, 0.05) is 5.69 Å². The van der Waals surface area contributed by atoms with Gasteiger partial charge in [-0.2, -0.15) is 0 Å². The van der Waals surface area contributed by atoms with E-state index in [1.54, 1.807) is 18.2 Å². The zero-order valence-corrected chi connectivity index (χ0v) is 8.56. The monoisotopic (exact) mass is 229 g/mol. The number of hydrogen-bond acceptors (Lipinski definition) is 5. The second-order valence-electron chi connectivity index (χ2n) is 4.57. The average molecular weight is 229 g/mol. The van der Waals surface area contributed by atoms with Crippen molar-refractivity contribution in [3.05, 3.63) is 46.8 Å². The minimum Gasteiger partial charge on any atom is -0.507 e. The van der Waals surface area contributed by atoms with Gasteiger partial charge < -0.3 is 25.1 Å². The number of rotatable bonds is 1. The standard InChI is InChI=1S/C12H7NO4/c13-4-1-2-6(14)5(3-4)12-10-8(16-10)7-9(15-7)11(12)17-12/h1-3,10,14H,13H2. The average Bonchev–Trinajstić information content (AvgIpc) is 3.12. The number of phenolic OH excluding ortho intramolecular Hbond substituents is 1. The zero-order valence-electron chi connectivity index (χ0n) is 8.56. The van der Waals surface area contributed by atoms with Crippen LogP contribution in [0.4, 0.5) is 5.69 Å². The summed E-state index contributed by atoms with van der Waals surface area (Å²) in [4.78, 5) is 0. The van der Waals surface area contributed by atoms with E-state index in [9.17, 15) is 5.11 Å². The van der Waals surface area contributed by atoms with Crippen LogP contribution in [0.1, 0.15) is 5.56 Å². The Kier molecular flexibility index (Phi) is 0.903. The highest BCUT2D eigenvalue weighted by Gasteiger charge is 2.78. The third-order valence-corrected chi connectivity index (χ3v) is 3.57. The van der Waals surface area contributed by atoms with Gasteiger partial charge in [0.25, 0.3) is 0 Å². The Balaban J connectivity index is 1.76. The highest BCUT2D eigenvalue weighted by molar-refractivity contribution is 5.65. The summed E-state index contributed by atoms with van der Waals surface area (Å²) in [7, 11) is 0. The number of phenols is 1. The number of ether oxygens (including phenoxy) is 3. The number of anilines is 1. The van der Waals surface area contributed by atoms with E-state index in [0.717, 1.165) is 23.0 Å². The van der Waals surface area contributed by atoms with E-state index in [4.69, 9.17) is 19.9 Å². The SMILES string of the molecule is Nc1ccc(O)c(C23OC2=C2OC2=C2OC23)c1. The van der Waals surface area contributed by atoms with Crippen molar-refractivity contribution in [1.29, 1.82) is 0 Å². The van der Waals surface area contributed by atoms with Gasteiger partial charge in [-0.05, 0) is 18.2 Å². The molecule has 3 heterocycles. The zero-order chi connectivity index (χ0) is 11.4. The maximum atomic E-state index is 9.94. The minimum atomic E-state index is -0.690. The molecule has 4 aliphatic rings. The molecule has 0 saturated carbocycles. The molecule has 3 N–H and O–H groups in total. The Bertz CT molecular complexity index is 675. The Labute approximate surface area is 95.7 Å². The molecule has 5 heteroatoms. The van der Waals surface area contributed by atoms with Crippen molar-refractivity contribution in [2.45, 2.75) is 11.7 Å². The molecule has 17 heavy (non-hydrogen) atoms. The van der Waals surface area contributed by atoms with Crippen LogP contribution in [-0.4, -0.2) is 11.2 Å². The van der Waals surface area contributed by atoms with E-state index < -0.39 is 5.60 Å². The van der Waals surface area contributed by atoms with Crippen molar-refractivity contribution < 1.29 is 19.3 Å².